The highest BCUT2D eigenvalue weighted by Gasteiger charge is 2.47. The van der Waals surface area contributed by atoms with E-state index in [1.807, 2.05) is 0 Å². The predicted octanol–water partition coefficient (Wildman–Crippen LogP) is 4.49. The van der Waals surface area contributed by atoms with Crippen molar-refractivity contribution in [3.05, 3.63) is 0 Å². The molecule has 0 aromatic carbocycles. The Morgan fingerprint density at radius 1 is 1.09 bits per heavy atom. The first-order valence-corrected chi connectivity index (χ1v) is 12.8. The number of rotatable bonds is 9. The Hall–Kier alpha value is -1.75. The lowest BCUT2D eigenvalue weighted by Crippen LogP contribution is -2.54. The molecule has 0 aromatic heterocycles. The second-order valence-electron chi connectivity index (χ2n) is 11.1. The minimum Gasteiger partial charge on any atom is -0.328 e. The summed E-state index contributed by atoms with van der Waals surface area (Å²) in [5.74, 6) is -3.47. The number of carbonyl (C=O) groups is 2. The van der Waals surface area contributed by atoms with Crippen LogP contribution in [0.15, 0.2) is 0 Å². The highest BCUT2D eigenvalue weighted by molar-refractivity contribution is 5.89. The topological polar surface area (TPSA) is 76.4 Å². The standard InChI is InChI=1S/C25H38F2N4O2/c1-2-5-25(26,27)16-20(21(32)17-24(18-28)6-7-24)29-22(33)31-14-10-23(11-15-31)8-12-30(13-9-23)19-3-4-19/h19-20H,2-17H2,1H3,(H,29,33)/t20-/m0/s1. The first-order valence-electron chi connectivity index (χ1n) is 12.8. The fourth-order valence-corrected chi connectivity index (χ4v) is 5.68. The number of hydrogen-bond donors (Lipinski definition) is 1. The lowest BCUT2D eigenvalue weighted by molar-refractivity contribution is -0.124. The van der Waals surface area contributed by atoms with Crippen LogP contribution in [-0.4, -0.2) is 65.8 Å². The van der Waals surface area contributed by atoms with E-state index in [-0.39, 0.29) is 18.3 Å². The molecule has 2 heterocycles. The van der Waals surface area contributed by atoms with Gasteiger partial charge in [-0.3, -0.25) is 4.79 Å². The highest BCUT2D eigenvalue weighted by atomic mass is 19.3. The molecule has 0 bridgehead atoms. The van der Waals surface area contributed by atoms with E-state index < -0.39 is 35.6 Å². The molecule has 8 heteroatoms. The molecule has 6 nitrogen and oxygen atoms in total. The lowest BCUT2D eigenvalue weighted by Gasteiger charge is -2.47. The van der Waals surface area contributed by atoms with Crippen LogP contribution < -0.4 is 5.32 Å². The Bertz CT molecular complexity index is 770. The largest absolute Gasteiger partial charge is 0.328 e. The van der Waals surface area contributed by atoms with Crippen molar-refractivity contribution < 1.29 is 18.4 Å². The SMILES string of the molecule is CCCC(F)(F)C[C@H](NC(=O)N1CCC2(CC1)CCN(C1CC1)CC2)C(=O)CC1(C#N)CC1. The number of piperidine rings is 2. The van der Waals surface area contributed by atoms with Crippen LogP contribution in [0.25, 0.3) is 0 Å². The Balaban J connectivity index is 1.32. The summed E-state index contributed by atoms with van der Waals surface area (Å²) < 4.78 is 28.8. The molecule has 0 unspecified atom stereocenters. The molecule has 4 aliphatic rings. The number of alkyl halides is 2. The number of nitrogens with one attached hydrogen (secondary N) is 1. The summed E-state index contributed by atoms with van der Waals surface area (Å²) in [4.78, 5) is 30.1. The van der Waals surface area contributed by atoms with Crippen LogP contribution in [0.4, 0.5) is 13.6 Å². The third-order valence-corrected chi connectivity index (χ3v) is 8.44. The zero-order valence-electron chi connectivity index (χ0n) is 19.9. The van der Waals surface area contributed by atoms with E-state index in [2.05, 4.69) is 16.3 Å². The molecule has 0 aromatic rings. The molecule has 2 saturated heterocycles. The van der Waals surface area contributed by atoms with Crippen LogP contribution in [0.5, 0.6) is 0 Å². The number of Topliss-reactive ketones (excluding diaryl/α,β-unsaturated/α-hetero) is 1. The molecule has 33 heavy (non-hydrogen) atoms. The van der Waals surface area contributed by atoms with E-state index in [9.17, 15) is 23.6 Å². The lowest BCUT2D eigenvalue weighted by atomic mass is 9.71. The summed E-state index contributed by atoms with van der Waals surface area (Å²) in [7, 11) is 0. The highest BCUT2D eigenvalue weighted by Crippen LogP contribution is 2.48. The smallest absolute Gasteiger partial charge is 0.317 e. The second-order valence-corrected chi connectivity index (χ2v) is 11.1. The molecule has 2 aliphatic carbocycles. The van der Waals surface area contributed by atoms with E-state index in [0.717, 1.165) is 32.0 Å². The van der Waals surface area contributed by atoms with Gasteiger partial charge in [0.05, 0.1) is 17.5 Å². The van der Waals surface area contributed by atoms with Gasteiger partial charge < -0.3 is 15.1 Å². The summed E-state index contributed by atoms with van der Waals surface area (Å²) in [6.07, 6.45) is 7.32. The van der Waals surface area contributed by atoms with Gasteiger partial charge in [0, 0.05) is 38.4 Å². The molecule has 2 saturated carbocycles. The Kier molecular flexibility index (Phi) is 7.00. The number of hydrogen-bond acceptors (Lipinski definition) is 4. The van der Waals surface area contributed by atoms with Gasteiger partial charge in [0.15, 0.2) is 5.78 Å². The van der Waals surface area contributed by atoms with Crippen molar-refractivity contribution in [1.29, 1.82) is 5.26 Å². The first-order chi connectivity index (χ1) is 15.7. The molecule has 2 amide bonds. The third kappa shape index (κ3) is 6.03. The Morgan fingerprint density at radius 2 is 1.70 bits per heavy atom. The van der Waals surface area contributed by atoms with Crippen LogP contribution in [-0.2, 0) is 4.79 Å². The Labute approximate surface area is 196 Å². The van der Waals surface area contributed by atoms with Crippen LogP contribution >= 0.6 is 0 Å². The van der Waals surface area contributed by atoms with Gasteiger partial charge in [-0.05, 0) is 69.9 Å². The van der Waals surface area contributed by atoms with Gasteiger partial charge in [0.2, 0.25) is 0 Å². The molecule has 2 aliphatic heterocycles. The summed E-state index contributed by atoms with van der Waals surface area (Å²) in [6, 6.07) is 1.28. The zero-order valence-corrected chi connectivity index (χ0v) is 19.9. The quantitative estimate of drug-likeness (QED) is 0.545. The molecular formula is C25H38F2N4O2. The third-order valence-electron chi connectivity index (χ3n) is 8.44. The predicted molar refractivity (Wildman–Crippen MR) is 121 cm³/mol. The van der Waals surface area contributed by atoms with Crippen molar-refractivity contribution in [2.24, 2.45) is 10.8 Å². The number of nitriles is 1. The molecule has 1 atom stereocenters. The average Bonchev–Trinajstić information content (AvgIpc) is 3.70. The Morgan fingerprint density at radius 3 is 2.21 bits per heavy atom. The van der Waals surface area contributed by atoms with Crippen molar-refractivity contribution >= 4 is 11.8 Å². The summed E-state index contributed by atoms with van der Waals surface area (Å²) >= 11 is 0. The molecular weight excluding hydrogens is 426 g/mol. The van der Waals surface area contributed by atoms with Crippen LogP contribution in [0.1, 0.15) is 84.0 Å². The number of ketones is 1. The molecule has 1 spiro atoms. The fraction of sp³-hybridized carbons (Fsp3) is 0.880. The molecule has 4 fully saturated rings. The number of likely N-dealkylation sites (tertiary alicyclic amines) is 2. The van der Waals surface area contributed by atoms with Gasteiger partial charge in [-0.15, -0.1) is 0 Å². The van der Waals surface area contributed by atoms with Crippen molar-refractivity contribution in [2.75, 3.05) is 26.2 Å². The van der Waals surface area contributed by atoms with Gasteiger partial charge >= 0.3 is 6.03 Å². The second kappa shape index (κ2) is 9.48. The average molecular weight is 465 g/mol. The van der Waals surface area contributed by atoms with Crippen molar-refractivity contribution in [3.63, 3.8) is 0 Å². The zero-order chi connectivity index (χ0) is 23.7. The minimum absolute atomic E-state index is 0.0583. The van der Waals surface area contributed by atoms with Crippen molar-refractivity contribution in [2.45, 2.75) is 102 Å². The van der Waals surface area contributed by atoms with E-state index >= 15 is 0 Å². The number of amides is 2. The molecule has 0 radical (unpaired) electrons. The van der Waals surface area contributed by atoms with Gasteiger partial charge in [0.25, 0.3) is 5.92 Å². The normalized spacial score (nSPS) is 25.3. The summed E-state index contributed by atoms with van der Waals surface area (Å²) in [5, 5.41) is 11.9. The van der Waals surface area contributed by atoms with Crippen LogP contribution in [0, 0.1) is 22.2 Å². The van der Waals surface area contributed by atoms with E-state index in [0.29, 0.717) is 32.4 Å². The van der Waals surface area contributed by atoms with Crippen molar-refractivity contribution in [3.8, 4) is 6.07 Å². The van der Waals surface area contributed by atoms with Gasteiger partial charge in [-0.2, -0.15) is 5.26 Å². The first kappa shape index (κ1) is 24.4. The molecule has 184 valence electrons. The van der Waals surface area contributed by atoms with Crippen LogP contribution in [0.3, 0.4) is 0 Å². The molecule has 1 N–H and O–H groups in total. The monoisotopic (exact) mass is 464 g/mol. The maximum Gasteiger partial charge on any atom is 0.317 e. The van der Waals surface area contributed by atoms with E-state index in [4.69, 9.17) is 0 Å². The maximum absolute atomic E-state index is 14.4. The van der Waals surface area contributed by atoms with Crippen molar-refractivity contribution in [1.82, 2.24) is 15.1 Å². The van der Waals surface area contributed by atoms with Gasteiger partial charge in [-0.25, -0.2) is 13.6 Å². The minimum atomic E-state index is -3.02. The summed E-state index contributed by atoms with van der Waals surface area (Å²) in [6.45, 7) is 5.16. The fourth-order valence-electron chi connectivity index (χ4n) is 5.68. The van der Waals surface area contributed by atoms with E-state index in [1.54, 1.807) is 11.8 Å². The van der Waals surface area contributed by atoms with Crippen LogP contribution in [0.2, 0.25) is 0 Å². The summed E-state index contributed by atoms with van der Waals surface area (Å²) in [5.41, 5.74) is -0.427. The number of carbonyl (C=O) groups excluding carboxylic acids is 2. The number of urea groups is 1. The van der Waals surface area contributed by atoms with Gasteiger partial charge in [0.1, 0.15) is 0 Å². The molecule has 4 rings (SSSR count). The van der Waals surface area contributed by atoms with Gasteiger partial charge in [-0.1, -0.05) is 13.3 Å². The number of halogens is 2. The van der Waals surface area contributed by atoms with E-state index in [1.165, 1.54) is 25.7 Å². The number of nitrogens with zero attached hydrogens (tertiary/aromatic N) is 3. The maximum atomic E-state index is 14.4.